The minimum atomic E-state index is -0.866. The van der Waals surface area contributed by atoms with E-state index in [4.69, 9.17) is 5.11 Å². The molecule has 126 valence electrons. The van der Waals surface area contributed by atoms with E-state index in [1.165, 1.54) is 30.4 Å². The van der Waals surface area contributed by atoms with Gasteiger partial charge in [-0.05, 0) is 63.5 Å². The first-order valence-corrected chi connectivity index (χ1v) is 8.29. The molecule has 0 aromatic heterocycles. The van der Waals surface area contributed by atoms with Crippen LogP contribution in [0.15, 0.2) is 58.2 Å². The van der Waals surface area contributed by atoms with E-state index in [-0.39, 0.29) is 5.41 Å². The van der Waals surface area contributed by atoms with Crippen molar-refractivity contribution < 1.29 is 9.90 Å². The van der Waals surface area contributed by atoms with Crippen molar-refractivity contribution in [1.82, 2.24) is 0 Å². The van der Waals surface area contributed by atoms with Gasteiger partial charge in [-0.3, -0.25) is 0 Å². The van der Waals surface area contributed by atoms with Crippen molar-refractivity contribution in [2.24, 2.45) is 5.41 Å². The maximum atomic E-state index is 10.9. The van der Waals surface area contributed by atoms with Crippen LogP contribution in [0.4, 0.5) is 0 Å². The van der Waals surface area contributed by atoms with Gasteiger partial charge in [0.2, 0.25) is 0 Å². The highest BCUT2D eigenvalue weighted by Gasteiger charge is 2.26. The Morgan fingerprint density at radius 3 is 2.39 bits per heavy atom. The molecule has 2 nitrogen and oxygen atoms in total. The summed E-state index contributed by atoms with van der Waals surface area (Å²) in [4.78, 5) is 10.9. The summed E-state index contributed by atoms with van der Waals surface area (Å²) in [5, 5.41) is 8.94. The summed E-state index contributed by atoms with van der Waals surface area (Å²) >= 11 is 0. The minimum Gasteiger partial charge on any atom is -0.478 e. The summed E-state index contributed by atoms with van der Waals surface area (Å²) in [5.74, 6) is -0.866. The first-order chi connectivity index (χ1) is 10.6. The van der Waals surface area contributed by atoms with Crippen molar-refractivity contribution in [3.8, 4) is 0 Å². The Hall–Kier alpha value is -1.83. The summed E-state index contributed by atoms with van der Waals surface area (Å²) in [6.45, 7) is 12.4. The fraction of sp³-hybridized carbons (Fsp3) is 0.476. The van der Waals surface area contributed by atoms with Crippen molar-refractivity contribution in [3.05, 3.63) is 58.2 Å². The molecule has 0 heterocycles. The van der Waals surface area contributed by atoms with Gasteiger partial charge >= 0.3 is 5.97 Å². The Labute approximate surface area is 141 Å². The Bertz CT molecular complexity index is 608. The van der Waals surface area contributed by atoms with Crippen LogP contribution in [-0.4, -0.2) is 11.1 Å². The van der Waals surface area contributed by atoms with Gasteiger partial charge in [0, 0.05) is 5.57 Å². The first-order valence-electron chi connectivity index (χ1n) is 8.29. The molecule has 0 spiro atoms. The molecule has 0 fully saturated rings. The molecule has 0 aromatic carbocycles. The lowest BCUT2D eigenvalue weighted by atomic mass is 9.72. The van der Waals surface area contributed by atoms with Gasteiger partial charge in [-0.1, -0.05) is 55.4 Å². The van der Waals surface area contributed by atoms with Crippen LogP contribution in [0.5, 0.6) is 0 Å². The van der Waals surface area contributed by atoms with Crippen LogP contribution in [0.1, 0.15) is 60.8 Å². The molecule has 1 aliphatic carbocycles. The molecule has 0 amide bonds. The SMILES string of the molecule is CC1=C(/C=C/C(C)=C/C=C/C(C)=C(/C)C(=O)O)C(C)(C)CCC1. The highest BCUT2D eigenvalue weighted by molar-refractivity contribution is 5.87. The fourth-order valence-electron chi connectivity index (χ4n) is 2.92. The van der Waals surface area contributed by atoms with E-state index < -0.39 is 5.97 Å². The van der Waals surface area contributed by atoms with Gasteiger partial charge in [0.05, 0.1) is 0 Å². The average Bonchev–Trinajstić information content (AvgIpc) is 2.44. The van der Waals surface area contributed by atoms with Crippen LogP contribution in [0, 0.1) is 5.41 Å². The molecule has 0 atom stereocenters. The van der Waals surface area contributed by atoms with Crippen LogP contribution in [-0.2, 0) is 4.79 Å². The Morgan fingerprint density at radius 1 is 1.17 bits per heavy atom. The molecular weight excluding hydrogens is 284 g/mol. The highest BCUT2D eigenvalue weighted by Crippen LogP contribution is 2.40. The number of carbonyl (C=O) groups is 1. The second-order valence-corrected chi connectivity index (χ2v) is 7.15. The van der Waals surface area contributed by atoms with Gasteiger partial charge in [-0.25, -0.2) is 4.79 Å². The zero-order chi connectivity index (χ0) is 17.6. The molecule has 0 saturated heterocycles. The second kappa shape index (κ2) is 8.14. The number of carboxylic acid groups (broad SMARTS) is 1. The predicted molar refractivity (Wildman–Crippen MR) is 98.4 cm³/mol. The highest BCUT2D eigenvalue weighted by atomic mass is 16.4. The summed E-state index contributed by atoms with van der Waals surface area (Å²) in [5.41, 5.74) is 5.52. The van der Waals surface area contributed by atoms with E-state index in [9.17, 15) is 4.79 Å². The quantitative estimate of drug-likeness (QED) is 0.499. The maximum Gasteiger partial charge on any atom is 0.331 e. The third kappa shape index (κ3) is 5.70. The Morgan fingerprint density at radius 2 is 1.83 bits per heavy atom. The van der Waals surface area contributed by atoms with Crippen molar-refractivity contribution >= 4 is 5.97 Å². The van der Waals surface area contributed by atoms with Gasteiger partial charge in [0.1, 0.15) is 0 Å². The van der Waals surface area contributed by atoms with Crippen LogP contribution in [0.2, 0.25) is 0 Å². The number of rotatable bonds is 5. The van der Waals surface area contributed by atoms with E-state index in [0.717, 1.165) is 11.1 Å². The molecule has 1 N–H and O–H groups in total. The zero-order valence-corrected chi connectivity index (χ0v) is 15.4. The Balaban J connectivity index is 2.85. The minimum absolute atomic E-state index is 0.257. The lowest BCUT2D eigenvalue weighted by molar-refractivity contribution is -0.132. The summed E-state index contributed by atoms with van der Waals surface area (Å²) in [7, 11) is 0. The maximum absolute atomic E-state index is 10.9. The lowest BCUT2D eigenvalue weighted by Gasteiger charge is -2.32. The zero-order valence-electron chi connectivity index (χ0n) is 15.4. The van der Waals surface area contributed by atoms with Gasteiger partial charge in [0.25, 0.3) is 0 Å². The van der Waals surface area contributed by atoms with E-state index >= 15 is 0 Å². The monoisotopic (exact) mass is 314 g/mol. The van der Waals surface area contributed by atoms with Crippen molar-refractivity contribution in [2.75, 3.05) is 0 Å². The molecule has 0 radical (unpaired) electrons. The molecule has 0 aliphatic heterocycles. The second-order valence-electron chi connectivity index (χ2n) is 7.15. The summed E-state index contributed by atoms with van der Waals surface area (Å²) in [6.07, 6.45) is 13.9. The normalized spacial score (nSPS) is 20.3. The van der Waals surface area contributed by atoms with Gasteiger partial charge in [-0.15, -0.1) is 0 Å². The number of hydrogen-bond donors (Lipinski definition) is 1. The smallest absolute Gasteiger partial charge is 0.331 e. The van der Waals surface area contributed by atoms with Crippen molar-refractivity contribution in [2.45, 2.75) is 60.8 Å². The molecule has 0 unspecified atom stereocenters. The van der Waals surface area contributed by atoms with Gasteiger partial charge in [0.15, 0.2) is 0 Å². The molecule has 1 rings (SSSR count). The predicted octanol–water partition coefficient (Wildman–Crippen LogP) is 5.99. The molecular formula is C21H30O2. The first kappa shape index (κ1) is 19.2. The summed E-state index contributed by atoms with van der Waals surface area (Å²) < 4.78 is 0. The van der Waals surface area contributed by atoms with Gasteiger partial charge in [-0.2, -0.15) is 0 Å². The number of aliphatic carboxylic acids is 1. The van der Waals surface area contributed by atoms with E-state index in [0.29, 0.717) is 5.57 Å². The topological polar surface area (TPSA) is 37.3 Å². The standard InChI is InChI=1S/C21H30O2/c1-15(9-7-10-16(2)18(4)20(22)23)12-13-19-17(3)11-8-14-21(19,5)6/h7,9-10,12-13H,8,11,14H2,1-6H3,(H,22,23)/b10-7+,13-12+,15-9+,18-16-. The lowest BCUT2D eigenvalue weighted by Crippen LogP contribution is -2.19. The van der Waals surface area contributed by atoms with Crippen LogP contribution >= 0.6 is 0 Å². The van der Waals surface area contributed by atoms with Crippen LogP contribution in [0.3, 0.4) is 0 Å². The number of allylic oxidation sites excluding steroid dienone is 9. The largest absolute Gasteiger partial charge is 0.478 e. The fourth-order valence-corrected chi connectivity index (χ4v) is 2.92. The van der Waals surface area contributed by atoms with Gasteiger partial charge < -0.3 is 5.11 Å². The van der Waals surface area contributed by atoms with Crippen LogP contribution in [0.25, 0.3) is 0 Å². The molecule has 23 heavy (non-hydrogen) atoms. The van der Waals surface area contributed by atoms with E-state index in [2.05, 4.69) is 39.8 Å². The molecule has 0 aromatic rings. The average molecular weight is 314 g/mol. The third-order valence-electron chi connectivity index (χ3n) is 4.67. The summed E-state index contributed by atoms with van der Waals surface area (Å²) in [6, 6.07) is 0. The van der Waals surface area contributed by atoms with E-state index in [1.54, 1.807) is 6.92 Å². The van der Waals surface area contributed by atoms with E-state index in [1.807, 2.05) is 25.2 Å². The molecule has 2 heteroatoms. The third-order valence-corrected chi connectivity index (χ3v) is 4.67. The molecule has 0 bridgehead atoms. The van der Waals surface area contributed by atoms with Crippen molar-refractivity contribution in [1.29, 1.82) is 0 Å². The Kier molecular flexibility index (Phi) is 6.80. The van der Waals surface area contributed by atoms with Crippen molar-refractivity contribution in [3.63, 3.8) is 0 Å². The van der Waals surface area contributed by atoms with Crippen LogP contribution < -0.4 is 0 Å². The molecule has 0 saturated carbocycles. The molecule has 1 aliphatic rings. The number of carboxylic acids is 1. The number of hydrogen-bond acceptors (Lipinski definition) is 1.